The highest BCUT2D eigenvalue weighted by Crippen LogP contribution is 2.13. The molecule has 1 saturated heterocycles. The average molecular weight is 367 g/mol. The van der Waals surface area contributed by atoms with Crippen LogP contribution in [0.15, 0.2) is 53.7 Å². The van der Waals surface area contributed by atoms with E-state index in [0.717, 1.165) is 63.9 Å². The Bertz CT molecular complexity index is 709. The number of guanidine groups is 1. The molecule has 0 bridgehead atoms. The van der Waals surface area contributed by atoms with Crippen LogP contribution in [0.5, 0.6) is 5.75 Å². The Kier molecular flexibility index (Phi) is 6.90. The largest absolute Gasteiger partial charge is 0.508 e. The molecule has 0 atom stereocenters. The van der Waals surface area contributed by atoms with E-state index in [1.54, 1.807) is 12.1 Å². The summed E-state index contributed by atoms with van der Waals surface area (Å²) >= 11 is 0. The number of hydrogen-bond donors (Lipinski definition) is 2. The van der Waals surface area contributed by atoms with Gasteiger partial charge in [0, 0.05) is 45.5 Å². The summed E-state index contributed by atoms with van der Waals surface area (Å²) in [6.45, 7) is 7.57. The third kappa shape index (κ3) is 5.61. The molecular formula is C21H29N5O. The number of hydrogen-bond acceptors (Lipinski definition) is 4. The van der Waals surface area contributed by atoms with Crippen molar-refractivity contribution < 1.29 is 5.11 Å². The van der Waals surface area contributed by atoms with Crippen LogP contribution < -0.4 is 10.2 Å². The zero-order valence-corrected chi connectivity index (χ0v) is 16.0. The van der Waals surface area contributed by atoms with Crippen LogP contribution in [0.1, 0.15) is 18.9 Å². The third-order valence-corrected chi connectivity index (χ3v) is 4.71. The van der Waals surface area contributed by atoms with E-state index in [2.05, 4.69) is 33.1 Å². The van der Waals surface area contributed by atoms with Crippen molar-refractivity contribution in [3.05, 3.63) is 54.2 Å². The number of aromatic nitrogens is 1. The summed E-state index contributed by atoms with van der Waals surface area (Å²) in [5.41, 5.74) is 1.23. The predicted octanol–water partition coefficient (Wildman–Crippen LogP) is 2.51. The van der Waals surface area contributed by atoms with Gasteiger partial charge in [0.05, 0.1) is 0 Å². The number of benzene rings is 1. The molecule has 1 aromatic carbocycles. The fourth-order valence-electron chi connectivity index (χ4n) is 3.24. The van der Waals surface area contributed by atoms with E-state index in [-0.39, 0.29) is 0 Å². The van der Waals surface area contributed by atoms with Crippen molar-refractivity contribution in [2.24, 2.45) is 4.99 Å². The Morgan fingerprint density at radius 1 is 1.11 bits per heavy atom. The highest BCUT2D eigenvalue weighted by molar-refractivity contribution is 5.80. The lowest BCUT2D eigenvalue weighted by Crippen LogP contribution is -2.52. The Balaban J connectivity index is 1.49. The second kappa shape index (κ2) is 9.80. The Hall–Kier alpha value is -2.76. The molecule has 27 heavy (non-hydrogen) atoms. The molecule has 6 heteroatoms. The van der Waals surface area contributed by atoms with Gasteiger partial charge in [0.1, 0.15) is 11.6 Å². The summed E-state index contributed by atoms with van der Waals surface area (Å²) < 4.78 is 0. The van der Waals surface area contributed by atoms with Gasteiger partial charge in [0.25, 0.3) is 0 Å². The molecule has 3 rings (SSSR count). The molecule has 0 unspecified atom stereocenters. The van der Waals surface area contributed by atoms with Crippen LogP contribution in [-0.2, 0) is 6.42 Å². The second-order valence-corrected chi connectivity index (χ2v) is 6.67. The minimum atomic E-state index is 0.316. The van der Waals surface area contributed by atoms with Crippen LogP contribution in [0, 0.1) is 0 Å². The molecule has 0 saturated carbocycles. The number of aliphatic imine (C=N–C) groups is 1. The van der Waals surface area contributed by atoms with Gasteiger partial charge >= 0.3 is 0 Å². The number of phenols is 1. The number of aryl methyl sites for hydroxylation is 1. The fraction of sp³-hybridized carbons (Fsp3) is 0.429. The zero-order valence-electron chi connectivity index (χ0n) is 16.0. The lowest BCUT2D eigenvalue weighted by atomic mass is 10.1. The monoisotopic (exact) mass is 367 g/mol. The smallest absolute Gasteiger partial charge is 0.194 e. The molecule has 1 aliphatic rings. The maximum absolute atomic E-state index is 9.35. The van der Waals surface area contributed by atoms with Gasteiger partial charge in [-0.1, -0.05) is 18.2 Å². The lowest BCUT2D eigenvalue weighted by molar-refractivity contribution is 0.371. The van der Waals surface area contributed by atoms with Gasteiger partial charge in [-0.2, -0.15) is 0 Å². The second-order valence-electron chi connectivity index (χ2n) is 6.67. The number of piperazine rings is 1. The number of nitrogens with zero attached hydrogens (tertiary/aromatic N) is 4. The normalized spacial score (nSPS) is 15.1. The fourth-order valence-corrected chi connectivity index (χ4v) is 3.24. The molecule has 0 amide bonds. The summed E-state index contributed by atoms with van der Waals surface area (Å²) in [5.74, 6) is 2.37. The highest BCUT2D eigenvalue weighted by Gasteiger charge is 2.20. The molecule has 2 aromatic rings. The Morgan fingerprint density at radius 2 is 1.89 bits per heavy atom. The molecule has 144 valence electrons. The number of rotatable bonds is 6. The van der Waals surface area contributed by atoms with Crippen molar-refractivity contribution in [1.29, 1.82) is 0 Å². The SMILES string of the molecule is CCNC(=NCCCc1ccc(O)cc1)N1CCN(c2ccccn2)CC1. The van der Waals surface area contributed by atoms with Crippen molar-refractivity contribution >= 4 is 11.8 Å². The number of aromatic hydroxyl groups is 1. The minimum absolute atomic E-state index is 0.316. The van der Waals surface area contributed by atoms with Gasteiger partial charge in [-0.25, -0.2) is 4.98 Å². The molecule has 0 aliphatic carbocycles. The Labute approximate surface area is 161 Å². The third-order valence-electron chi connectivity index (χ3n) is 4.71. The molecule has 1 fully saturated rings. The quantitative estimate of drug-likeness (QED) is 0.467. The first-order chi connectivity index (χ1) is 13.3. The first-order valence-electron chi connectivity index (χ1n) is 9.73. The van der Waals surface area contributed by atoms with Crippen LogP contribution in [0.2, 0.25) is 0 Å². The maximum atomic E-state index is 9.35. The molecule has 0 spiro atoms. The van der Waals surface area contributed by atoms with Crippen molar-refractivity contribution in [3.63, 3.8) is 0 Å². The van der Waals surface area contributed by atoms with Crippen molar-refractivity contribution in [1.82, 2.24) is 15.2 Å². The zero-order chi connectivity index (χ0) is 18.9. The molecule has 6 nitrogen and oxygen atoms in total. The van der Waals surface area contributed by atoms with E-state index in [4.69, 9.17) is 4.99 Å². The van der Waals surface area contributed by atoms with Crippen LogP contribution >= 0.6 is 0 Å². The predicted molar refractivity (Wildman–Crippen MR) is 110 cm³/mol. The average Bonchev–Trinajstić information content (AvgIpc) is 2.72. The summed E-state index contributed by atoms with van der Waals surface area (Å²) in [4.78, 5) is 13.9. The van der Waals surface area contributed by atoms with E-state index in [1.807, 2.05) is 30.5 Å². The first-order valence-corrected chi connectivity index (χ1v) is 9.73. The van der Waals surface area contributed by atoms with Gasteiger partial charge < -0.3 is 20.2 Å². The molecule has 1 aliphatic heterocycles. The molecule has 2 N–H and O–H groups in total. The number of phenolic OH excluding ortho intramolecular Hbond substituents is 1. The van der Waals surface area contributed by atoms with E-state index < -0.39 is 0 Å². The van der Waals surface area contributed by atoms with E-state index in [1.165, 1.54) is 5.56 Å². The van der Waals surface area contributed by atoms with Gasteiger partial charge in [-0.3, -0.25) is 4.99 Å². The van der Waals surface area contributed by atoms with Gasteiger partial charge in [-0.05, 0) is 49.6 Å². The number of pyridine rings is 1. The van der Waals surface area contributed by atoms with Crippen molar-refractivity contribution in [2.75, 3.05) is 44.2 Å². The Morgan fingerprint density at radius 3 is 2.56 bits per heavy atom. The van der Waals surface area contributed by atoms with Crippen molar-refractivity contribution in [2.45, 2.75) is 19.8 Å². The highest BCUT2D eigenvalue weighted by atomic mass is 16.3. The van der Waals surface area contributed by atoms with Crippen LogP contribution in [0.25, 0.3) is 0 Å². The topological polar surface area (TPSA) is 64.0 Å². The van der Waals surface area contributed by atoms with Crippen LogP contribution in [0.3, 0.4) is 0 Å². The van der Waals surface area contributed by atoms with E-state index in [0.29, 0.717) is 5.75 Å². The van der Waals surface area contributed by atoms with E-state index >= 15 is 0 Å². The number of nitrogens with one attached hydrogen (secondary N) is 1. The molecular weight excluding hydrogens is 338 g/mol. The number of anilines is 1. The van der Waals surface area contributed by atoms with Gasteiger partial charge in [0.15, 0.2) is 5.96 Å². The van der Waals surface area contributed by atoms with Crippen LogP contribution in [-0.4, -0.2) is 60.2 Å². The summed E-state index contributed by atoms with van der Waals surface area (Å²) in [6.07, 6.45) is 3.81. The van der Waals surface area contributed by atoms with Crippen LogP contribution in [0.4, 0.5) is 5.82 Å². The first kappa shape index (κ1) is 19.0. The summed E-state index contributed by atoms with van der Waals surface area (Å²) in [7, 11) is 0. The minimum Gasteiger partial charge on any atom is -0.508 e. The summed E-state index contributed by atoms with van der Waals surface area (Å²) in [5, 5.41) is 12.8. The lowest BCUT2D eigenvalue weighted by Gasteiger charge is -2.37. The standard InChI is InChI=1S/C21H29N5O/c1-2-22-21(24-13-5-6-18-8-10-19(27)11-9-18)26-16-14-25(15-17-26)20-7-3-4-12-23-20/h3-4,7-12,27H,2,5-6,13-17H2,1H3,(H,22,24). The molecule has 0 radical (unpaired) electrons. The van der Waals surface area contributed by atoms with Gasteiger partial charge in [-0.15, -0.1) is 0 Å². The van der Waals surface area contributed by atoms with Crippen molar-refractivity contribution in [3.8, 4) is 5.75 Å². The summed E-state index contributed by atoms with van der Waals surface area (Å²) in [6, 6.07) is 13.5. The van der Waals surface area contributed by atoms with Gasteiger partial charge in [0.2, 0.25) is 0 Å². The maximum Gasteiger partial charge on any atom is 0.194 e. The van der Waals surface area contributed by atoms with E-state index in [9.17, 15) is 5.11 Å². The molecule has 2 heterocycles. The molecule has 1 aromatic heterocycles.